The molecule has 22 heavy (non-hydrogen) atoms. The van der Waals surface area contributed by atoms with Crippen molar-refractivity contribution in [2.75, 3.05) is 47.7 Å². The van der Waals surface area contributed by atoms with Gasteiger partial charge in [-0.25, -0.2) is 0 Å². The van der Waals surface area contributed by atoms with E-state index in [0.717, 1.165) is 9.99 Å². The van der Waals surface area contributed by atoms with Gasteiger partial charge < -0.3 is 24.3 Å². The van der Waals surface area contributed by atoms with Crippen molar-refractivity contribution in [3.8, 4) is 11.5 Å². The number of nitrogens with one attached hydrogen (secondary N) is 1. The molecule has 0 aromatic heterocycles. The third-order valence-electron chi connectivity index (χ3n) is 2.90. The summed E-state index contributed by atoms with van der Waals surface area (Å²) >= 11 is 2.11. The second-order valence-corrected chi connectivity index (χ2v) is 5.56. The lowest BCUT2D eigenvalue weighted by atomic mass is 10.2. The van der Waals surface area contributed by atoms with E-state index in [1.54, 1.807) is 33.5 Å². The Morgan fingerprint density at radius 2 is 1.77 bits per heavy atom. The molecule has 0 bridgehead atoms. The second kappa shape index (κ2) is 10.6. The largest absolute Gasteiger partial charge is 0.493 e. The van der Waals surface area contributed by atoms with Crippen molar-refractivity contribution in [3.05, 3.63) is 21.3 Å². The van der Waals surface area contributed by atoms with Gasteiger partial charge in [-0.15, -0.1) is 0 Å². The Hall–Kier alpha value is -1.06. The maximum absolute atomic E-state index is 12.2. The highest BCUT2D eigenvalue weighted by Crippen LogP contribution is 2.31. The SMILES string of the molecule is COCCOCCCNC(=O)c1cc(OC)c(OC)cc1I. The topological polar surface area (TPSA) is 66.0 Å². The second-order valence-electron chi connectivity index (χ2n) is 4.40. The van der Waals surface area contributed by atoms with E-state index in [4.69, 9.17) is 18.9 Å². The fraction of sp³-hybridized carbons (Fsp3) is 0.533. The Morgan fingerprint density at radius 3 is 2.41 bits per heavy atom. The minimum atomic E-state index is -0.137. The van der Waals surface area contributed by atoms with E-state index in [0.29, 0.717) is 43.4 Å². The lowest BCUT2D eigenvalue weighted by Gasteiger charge is -2.12. The Balaban J connectivity index is 2.48. The maximum Gasteiger partial charge on any atom is 0.252 e. The van der Waals surface area contributed by atoms with Crippen molar-refractivity contribution in [2.45, 2.75) is 6.42 Å². The van der Waals surface area contributed by atoms with Crippen LogP contribution in [0, 0.1) is 3.57 Å². The van der Waals surface area contributed by atoms with Gasteiger partial charge in [-0.1, -0.05) is 0 Å². The fourth-order valence-corrected chi connectivity index (χ4v) is 2.43. The van der Waals surface area contributed by atoms with E-state index in [1.807, 2.05) is 0 Å². The molecule has 6 nitrogen and oxygen atoms in total. The van der Waals surface area contributed by atoms with Gasteiger partial charge in [-0.3, -0.25) is 4.79 Å². The molecule has 1 rings (SSSR count). The third kappa shape index (κ3) is 5.98. The highest BCUT2D eigenvalue weighted by Gasteiger charge is 2.15. The standard InChI is InChI=1S/C15H22INO5/c1-19-7-8-22-6-4-5-17-15(18)11-9-13(20-2)14(21-3)10-12(11)16/h9-10H,4-8H2,1-3H3,(H,17,18). The van der Waals surface area contributed by atoms with Crippen LogP contribution in [0.5, 0.6) is 11.5 Å². The summed E-state index contributed by atoms with van der Waals surface area (Å²) < 4.78 is 21.5. The highest BCUT2D eigenvalue weighted by molar-refractivity contribution is 14.1. The smallest absolute Gasteiger partial charge is 0.252 e. The first-order chi connectivity index (χ1) is 10.6. The van der Waals surface area contributed by atoms with Crippen LogP contribution in [0.4, 0.5) is 0 Å². The molecule has 0 aliphatic heterocycles. The van der Waals surface area contributed by atoms with E-state index in [2.05, 4.69) is 27.9 Å². The highest BCUT2D eigenvalue weighted by atomic mass is 127. The first-order valence-corrected chi connectivity index (χ1v) is 7.98. The summed E-state index contributed by atoms with van der Waals surface area (Å²) in [5.74, 6) is 1.01. The number of methoxy groups -OCH3 is 3. The summed E-state index contributed by atoms with van der Waals surface area (Å²) in [6.45, 7) is 2.29. The van der Waals surface area contributed by atoms with E-state index >= 15 is 0 Å². The van der Waals surface area contributed by atoms with E-state index in [-0.39, 0.29) is 5.91 Å². The van der Waals surface area contributed by atoms with Crippen molar-refractivity contribution in [1.29, 1.82) is 0 Å². The summed E-state index contributed by atoms with van der Waals surface area (Å²) in [6, 6.07) is 3.47. The lowest BCUT2D eigenvalue weighted by Crippen LogP contribution is -2.26. The number of hydrogen-bond acceptors (Lipinski definition) is 5. The summed E-state index contributed by atoms with van der Waals surface area (Å²) in [5, 5.41) is 2.87. The normalized spacial score (nSPS) is 10.4. The van der Waals surface area contributed by atoms with E-state index < -0.39 is 0 Å². The van der Waals surface area contributed by atoms with Crippen LogP contribution in [0.2, 0.25) is 0 Å². The van der Waals surface area contributed by atoms with Crippen molar-refractivity contribution in [3.63, 3.8) is 0 Å². The molecule has 0 saturated heterocycles. The molecule has 1 aromatic rings. The Labute approximate surface area is 144 Å². The van der Waals surface area contributed by atoms with Crippen LogP contribution in [-0.4, -0.2) is 53.6 Å². The molecule has 0 spiro atoms. The molecule has 0 saturated carbocycles. The number of benzene rings is 1. The molecule has 1 amide bonds. The Kier molecular flexibility index (Phi) is 9.17. The number of rotatable bonds is 10. The molecule has 0 aliphatic carbocycles. The summed E-state index contributed by atoms with van der Waals surface area (Å²) in [6.07, 6.45) is 0.749. The first kappa shape index (κ1) is 19.0. The average Bonchev–Trinajstić information content (AvgIpc) is 2.53. The Morgan fingerprint density at radius 1 is 1.09 bits per heavy atom. The van der Waals surface area contributed by atoms with Gasteiger partial charge in [0.2, 0.25) is 0 Å². The zero-order valence-electron chi connectivity index (χ0n) is 13.1. The summed E-state index contributed by atoms with van der Waals surface area (Å²) in [7, 11) is 4.75. The molecule has 0 fully saturated rings. The fourth-order valence-electron chi connectivity index (χ4n) is 1.74. The average molecular weight is 423 g/mol. The van der Waals surface area contributed by atoms with Crippen LogP contribution in [0.3, 0.4) is 0 Å². The zero-order valence-corrected chi connectivity index (χ0v) is 15.3. The number of carbonyl (C=O) groups is 1. The van der Waals surface area contributed by atoms with Gasteiger partial charge in [-0.05, 0) is 41.1 Å². The van der Waals surface area contributed by atoms with E-state index in [9.17, 15) is 4.79 Å². The zero-order chi connectivity index (χ0) is 16.4. The predicted molar refractivity (Wildman–Crippen MR) is 91.9 cm³/mol. The molecule has 124 valence electrons. The van der Waals surface area contributed by atoms with Gasteiger partial charge in [0.05, 0.1) is 33.0 Å². The molecule has 7 heteroatoms. The Bertz CT molecular complexity index is 481. The van der Waals surface area contributed by atoms with Gasteiger partial charge in [0.1, 0.15) is 0 Å². The van der Waals surface area contributed by atoms with Gasteiger partial charge in [0.25, 0.3) is 5.91 Å². The van der Waals surface area contributed by atoms with Gasteiger partial charge in [0, 0.05) is 23.8 Å². The van der Waals surface area contributed by atoms with Gasteiger partial charge in [-0.2, -0.15) is 0 Å². The molecular weight excluding hydrogens is 401 g/mol. The quantitative estimate of drug-likeness (QED) is 0.461. The lowest BCUT2D eigenvalue weighted by molar-refractivity contribution is 0.0688. The number of hydrogen-bond donors (Lipinski definition) is 1. The van der Waals surface area contributed by atoms with E-state index in [1.165, 1.54) is 0 Å². The first-order valence-electron chi connectivity index (χ1n) is 6.90. The van der Waals surface area contributed by atoms with Crippen LogP contribution in [0.25, 0.3) is 0 Å². The van der Waals surface area contributed by atoms with Crippen molar-refractivity contribution < 1.29 is 23.7 Å². The summed E-state index contributed by atoms with van der Waals surface area (Å²) in [5.41, 5.74) is 0.568. The molecule has 0 radical (unpaired) electrons. The molecule has 0 atom stereocenters. The minimum Gasteiger partial charge on any atom is -0.493 e. The van der Waals surface area contributed by atoms with Crippen LogP contribution in [0.1, 0.15) is 16.8 Å². The van der Waals surface area contributed by atoms with Crippen LogP contribution < -0.4 is 14.8 Å². The van der Waals surface area contributed by atoms with Crippen LogP contribution >= 0.6 is 22.6 Å². The summed E-state index contributed by atoms with van der Waals surface area (Å²) in [4.78, 5) is 12.2. The number of halogens is 1. The minimum absolute atomic E-state index is 0.137. The molecular formula is C15H22INO5. The van der Waals surface area contributed by atoms with Crippen molar-refractivity contribution in [2.24, 2.45) is 0 Å². The van der Waals surface area contributed by atoms with Crippen molar-refractivity contribution >= 4 is 28.5 Å². The van der Waals surface area contributed by atoms with Crippen LogP contribution in [-0.2, 0) is 9.47 Å². The monoisotopic (exact) mass is 423 g/mol. The van der Waals surface area contributed by atoms with Crippen LogP contribution in [0.15, 0.2) is 12.1 Å². The predicted octanol–water partition coefficient (Wildman–Crippen LogP) is 2.09. The molecule has 1 N–H and O–H groups in total. The number of ether oxygens (including phenoxy) is 4. The molecule has 0 aliphatic rings. The third-order valence-corrected chi connectivity index (χ3v) is 3.79. The molecule has 0 heterocycles. The maximum atomic E-state index is 12.2. The van der Waals surface area contributed by atoms with Gasteiger partial charge >= 0.3 is 0 Å². The van der Waals surface area contributed by atoms with Gasteiger partial charge in [0.15, 0.2) is 11.5 Å². The number of carbonyl (C=O) groups excluding carboxylic acids is 1. The van der Waals surface area contributed by atoms with Crippen molar-refractivity contribution in [1.82, 2.24) is 5.32 Å². The number of amides is 1. The molecule has 0 unspecified atom stereocenters. The molecule has 1 aromatic carbocycles.